The number of hydrogen-bond acceptors (Lipinski definition) is 0. The molecule has 14 heavy (non-hydrogen) atoms. The van der Waals surface area contributed by atoms with E-state index >= 15 is 0 Å². The Hall–Kier alpha value is -1.22. The maximum atomic E-state index is 4.60. The predicted molar refractivity (Wildman–Crippen MR) is 69.2 cm³/mol. The Labute approximate surface area is 90.4 Å². The van der Waals surface area contributed by atoms with E-state index < -0.39 is 0 Å². The first-order valence-corrected chi connectivity index (χ1v) is 4.84. The minimum absolute atomic E-state index is 1.09. The van der Waals surface area contributed by atoms with Crippen molar-refractivity contribution in [3.05, 3.63) is 36.0 Å². The first-order chi connectivity index (χ1) is 6.51. The molecule has 0 bridgehead atoms. The molecule has 80 valence electrons. The molecule has 0 N–H and O–H groups in total. The van der Waals surface area contributed by atoms with Crippen molar-refractivity contribution in [3.63, 3.8) is 0 Å². The van der Waals surface area contributed by atoms with Crippen LogP contribution in [0, 0.1) is 12.3 Å². The van der Waals surface area contributed by atoms with Gasteiger partial charge in [-0.2, -0.15) is 0 Å². The van der Waals surface area contributed by atoms with Crippen molar-refractivity contribution >= 4 is 0 Å². The zero-order chi connectivity index (χ0) is 12.1. The molecule has 0 heteroatoms. The van der Waals surface area contributed by atoms with Crippen LogP contribution in [0.15, 0.2) is 36.0 Å². The molecule has 0 aliphatic rings. The monoisotopic (exact) mass is 192 g/mol. The predicted octanol–water partition coefficient (Wildman–Crippen LogP) is 4.75. The van der Waals surface area contributed by atoms with E-state index in [9.17, 15) is 0 Å². The van der Waals surface area contributed by atoms with E-state index in [2.05, 4.69) is 39.3 Å². The Bertz CT molecular complexity index is 217. The summed E-state index contributed by atoms with van der Waals surface area (Å²) in [5, 5.41) is 0. The topological polar surface area (TPSA) is 0 Å². The Balaban J connectivity index is -0.000000205. The van der Waals surface area contributed by atoms with Gasteiger partial charge in [0.15, 0.2) is 0 Å². The molecule has 0 fully saturated rings. The molecule has 0 heterocycles. The highest BCUT2D eigenvalue weighted by Crippen LogP contribution is 2.12. The van der Waals surface area contributed by atoms with Crippen molar-refractivity contribution in [1.29, 1.82) is 0 Å². The highest BCUT2D eigenvalue weighted by molar-refractivity contribution is 5.38. The Kier molecular flexibility index (Phi) is 19.0. The number of rotatable bonds is 2. The van der Waals surface area contributed by atoms with E-state index in [1.807, 2.05) is 26.8 Å². The lowest BCUT2D eigenvalue weighted by Gasteiger charge is -2.01. The Morgan fingerprint density at radius 1 is 1.21 bits per heavy atom. The summed E-state index contributed by atoms with van der Waals surface area (Å²) in [5.41, 5.74) is 3.54. The summed E-state index contributed by atoms with van der Waals surface area (Å²) in [7, 11) is 0. The highest BCUT2D eigenvalue weighted by Gasteiger charge is 1.92. The van der Waals surface area contributed by atoms with E-state index in [0.29, 0.717) is 0 Å². The quantitative estimate of drug-likeness (QED) is 0.437. The highest BCUT2D eigenvalue weighted by atomic mass is 14.0. The lowest BCUT2D eigenvalue weighted by molar-refractivity contribution is 1.29. The van der Waals surface area contributed by atoms with Crippen LogP contribution in [0.3, 0.4) is 0 Å². The third-order valence-corrected chi connectivity index (χ3v) is 1.20. The van der Waals surface area contributed by atoms with Gasteiger partial charge in [-0.25, -0.2) is 0 Å². The van der Waals surface area contributed by atoms with Crippen LogP contribution in [-0.2, 0) is 0 Å². The van der Waals surface area contributed by atoms with Gasteiger partial charge in [-0.15, -0.1) is 12.3 Å². The van der Waals surface area contributed by atoms with Crippen molar-refractivity contribution in [3.8, 4) is 12.3 Å². The van der Waals surface area contributed by atoms with Crippen LogP contribution >= 0.6 is 0 Å². The molecule has 0 atom stereocenters. The minimum atomic E-state index is 1.09. The summed E-state index contributed by atoms with van der Waals surface area (Å²) in [4.78, 5) is 0. The van der Waals surface area contributed by atoms with E-state index in [0.717, 1.165) is 5.57 Å². The summed E-state index contributed by atoms with van der Waals surface area (Å²) in [6.45, 7) is 19.3. The summed E-state index contributed by atoms with van der Waals surface area (Å²) < 4.78 is 0. The number of terminal acetylenes is 1. The van der Waals surface area contributed by atoms with Crippen LogP contribution in [0.4, 0.5) is 0 Å². The molecule has 0 radical (unpaired) electrons. The van der Waals surface area contributed by atoms with E-state index in [1.165, 1.54) is 11.1 Å². The van der Waals surface area contributed by atoms with Gasteiger partial charge in [0.05, 0.1) is 0 Å². The molecule has 0 unspecified atom stereocenters. The van der Waals surface area contributed by atoms with Gasteiger partial charge in [0, 0.05) is 0 Å². The van der Waals surface area contributed by atoms with E-state index in [4.69, 9.17) is 0 Å². The zero-order valence-electron chi connectivity index (χ0n) is 10.6. The van der Waals surface area contributed by atoms with E-state index in [1.54, 1.807) is 6.92 Å². The van der Waals surface area contributed by atoms with Crippen molar-refractivity contribution in [1.82, 2.24) is 0 Å². The van der Waals surface area contributed by atoms with Gasteiger partial charge in [0.25, 0.3) is 0 Å². The zero-order valence-corrected chi connectivity index (χ0v) is 10.6. The first kappa shape index (κ1) is 18.5. The average Bonchev–Trinajstić information content (AvgIpc) is 2.08. The fraction of sp³-hybridized carbons (Fsp3) is 0.429. The van der Waals surface area contributed by atoms with Crippen LogP contribution in [0.25, 0.3) is 0 Å². The van der Waals surface area contributed by atoms with E-state index in [-0.39, 0.29) is 0 Å². The average molecular weight is 192 g/mol. The summed E-state index contributed by atoms with van der Waals surface area (Å²) >= 11 is 0. The van der Waals surface area contributed by atoms with Gasteiger partial charge in [-0.3, -0.25) is 0 Å². The SMILES string of the molecule is C#CC.C=CC(C(=C)C)=C(C)C.CC. The number of hydrogen-bond donors (Lipinski definition) is 0. The second-order valence-corrected chi connectivity index (χ2v) is 2.69. The van der Waals surface area contributed by atoms with Crippen molar-refractivity contribution in [2.24, 2.45) is 0 Å². The molecule has 0 amide bonds. The van der Waals surface area contributed by atoms with Crippen LogP contribution in [0.1, 0.15) is 41.5 Å². The maximum absolute atomic E-state index is 4.60. The van der Waals surface area contributed by atoms with Crippen molar-refractivity contribution < 1.29 is 0 Å². The molecular formula is C14H24. The first-order valence-electron chi connectivity index (χ1n) is 4.84. The van der Waals surface area contributed by atoms with Gasteiger partial charge in [-0.1, -0.05) is 44.2 Å². The minimum Gasteiger partial charge on any atom is -0.120 e. The van der Waals surface area contributed by atoms with Gasteiger partial charge in [-0.05, 0) is 33.3 Å². The lowest BCUT2D eigenvalue weighted by Crippen LogP contribution is -1.80. The van der Waals surface area contributed by atoms with Crippen LogP contribution in [-0.4, -0.2) is 0 Å². The third kappa shape index (κ3) is 13.4. The van der Waals surface area contributed by atoms with Gasteiger partial charge >= 0.3 is 0 Å². The molecule has 0 saturated carbocycles. The van der Waals surface area contributed by atoms with Gasteiger partial charge < -0.3 is 0 Å². The summed E-state index contributed by atoms with van der Waals surface area (Å²) in [6, 6.07) is 0. The fourth-order valence-corrected chi connectivity index (χ4v) is 0.805. The number of allylic oxidation sites excluding steroid dienone is 4. The Morgan fingerprint density at radius 2 is 1.50 bits per heavy atom. The molecule has 0 aromatic heterocycles. The summed E-state index contributed by atoms with van der Waals surface area (Å²) in [5.74, 6) is 2.25. The maximum Gasteiger partial charge on any atom is -0.00297 e. The molecule has 0 saturated heterocycles. The molecule has 0 aromatic rings. The van der Waals surface area contributed by atoms with Crippen LogP contribution in [0.5, 0.6) is 0 Å². The molecule has 0 nitrogen and oxygen atoms in total. The molecular weight excluding hydrogens is 168 g/mol. The van der Waals surface area contributed by atoms with Crippen molar-refractivity contribution in [2.75, 3.05) is 0 Å². The molecule has 0 aromatic carbocycles. The second-order valence-electron chi connectivity index (χ2n) is 2.69. The Morgan fingerprint density at radius 3 is 1.50 bits per heavy atom. The molecule has 0 rings (SSSR count). The lowest BCUT2D eigenvalue weighted by atomic mass is 10.1. The molecule has 0 aliphatic carbocycles. The van der Waals surface area contributed by atoms with Crippen LogP contribution < -0.4 is 0 Å². The summed E-state index contributed by atoms with van der Waals surface area (Å²) in [6.07, 6.45) is 6.44. The normalized spacial score (nSPS) is 6.36. The molecule has 0 aliphatic heterocycles. The smallest absolute Gasteiger partial charge is 0.00297 e. The van der Waals surface area contributed by atoms with Crippen molar-refractivity contribution in [2.45, 2.75) is 41.5 Å². The standard InChI is InChI=1S/C9H14.C3H4.C2H6/c1-6-9(7(2)3)8(4)5;1-3-2;1-2/h6H,1-2H2,3-5H3;1H,2H3;1-2H3. The van der Waals surface area contributed by atoms with Crippen LogP contribution in [0.2, 0.25) is 0 Å². The second kappa shape index (κ2) is 14.3. The molecule has 0 spiro atoms. The fourth-order valence-electron chi connectivity index (χ4n) is 0.805. The third-order valence-electron chi connectivity index (χ3n) is 1.20. The van der Waals surface area contributed by atoms with Gasteiger partial charge in [0.2, 0.25) is 0 Å². The van der Waals surface area contributed by atoms with Gasteiger partial charge in [0.1, 0.15) is 0 Å². The largest absolute Gasteiger partial charge is 0.120 e.